The highest BCUT2D eigenvalue weighted by Gasteiger charge is 2.22. The van der Waals surface area contributed by atoms with Crippen LogP contribution in [0.2, 0.25) is 5.02 Å². The van der Waals surface area contributed by atoms with Crippen molar-refractivity contribution in [1.29, 1.82) is 0 Å². The summed E-state index contributed by atoms with van der Waals surface area (Å²) >= 11 is 6.90. The average Bonchev–Trinajstić information content (AvgIpc) is 2.36. The van der Waals surface area contributed by atoms with Crippen molar-refractivity contribution in [3.05, 3.63) is 28.5 Å². The predicted molar refractivity (Wildman–Crippen MR) is 70.3 cm³/mol. The van der Waals surface area contributed by atoms with Gasteiger partial charge < -0.3 is 9.84 Å². The molecule has 104 valence electrons. The lowest BCUT2D eigenvalue weighted by Crippen LogP contribution is -2.17. The first-order valence-electron chi connectivity index (χ1n) is 5.37. The molecule has 1 aromatic carbocycles. The normalized spacial score (nSPS) is 12.0. The van der Waals surface area contributed by atoms with Crippen molar-refractivity contribution in [3.63, 3.8) is 0 Å². The summed E-state index contributed by atoms with van der Waals surface area (Å²) in [5, 5.41) is 8.39. The van der Waals surface area contributed by atoms with Crippen LogP contribution in [0.4, 0.5) is 4.39 Å². The van der Waals surface area contributed by atoms with Gasteiger partial charge in [-0.3, -0.25) is 4.79 Å². The van der Waals surface area contributed by atoms with Gasteiger partial charge >= 0.3 is 11.9 Å². The lowest BCUT2D eigenvalue weighted by Gasteiger charge is -2.13. The van der Waals surface area contributed by atoms with E-state index in [1.807, 2.05) is 0 Å². The van der Waals surface area contributed by atoms with E-state index in [4.69, 9.17) is 16.7 Å². The van der Waals surface area contributed by atoms with Gasteiger partial charge in [0.15, 0.2) is 0 Å². The molecule has 1 N–H and O–H groups in total. The van der Waals surface area contributed by atoms with Gasteiger partial charge in [-0.25, -0.2) is 9.18 Å². The molecule has 0 spiro atoms. The second kappa shape index (κ2) is 6.77. The average molecular weight is 307 g/mol. The van der Waals surface area contributed by atoms with E-state index < -0.39 is 28.6 Å². The molecule has 0 aliphatic carbocycles. The quantitative estimate of drug-likeness (QED) is 0.668. The number of benzene rings is 1. The number of thioether (sulfide) groups is 1. The molecule has 1 rings (SSSR count). The van der Waals surface area contributed by atoms with Crippen LogP contribution in [0.1, 0.15) is 23.7 Å². The Morgan fingerprint density at radius 2 is 2.16 bits per heavy atom. The lowest BCUT2D eigenvalue weighted by atomic mass is 10.2. The Hall–Kier alpha value is -1.27. The Bertz CT molecular complexity index is 507. The number of esters is 1. The zero-order valence-corrected chi connectivity index (χ0v) is 11.8. The summed E-state index contributed by atoms with van der Waals surface area (Å²) in [5.41, 5.74) is -0.480. The van der Waals surface area contributed by atoms with Gasteiger partial charge in [-0.1, -0.05) is 18.5 Å². The van der Waals surface area contributed by atoms with E-state index in [0.29, 0.717) is 11.3 Å². The highest BCUT2D eigenvalue weighted by Crippen LogP contribution is 2.34. The number of carboxylic acids is 1. The molecule has 0 aliphatic heterocycles. The SMILES string of the molecule is CCC(Sc1cc(C(=O)O)c(F)cc1Cl)C(=O)OC. The molecular weight excluding hydrogens is 295 g/mol. The third kappa shape index (κ3) is 3.84. The van der Waals surface area contributed by atoms with Crippen LogP contribution in [0, 0.1) is 5.82 Å². The molecule has 1 unspecified atom stereocenters. The standard InChI is InChI=1S/C12H12ClFO4S/c1-3-9(12(17)18-2)19-10-4-6(11(15)16)8(14)5-7(10)13/h4-5,9H,3H2,1-2H3,(H,15,16). The Balaban J connectivity index is 3.10. The minimum absolute atomic E-state index is 0.0647. The van der Waals surface area contributed by atoms with E-state index in [9.17, 15) is 14.0 Å². The van der Waals surface area contributed by atoms with Crippen LogP contribution in [0.5, 0.6) is 0 Å². The number of carboxylic acid groups (broad SMARTS) is 1. The third-order valence-electron chi connectivity index (χ3n) is 2.36. The van der Waals surface area contributed by atoms with E-state index in [1.54, 1.807) is 6.92 Å². The molecule has 19 heavy (non-hydrogen) atoms. The molecule has 1 aromatic rings. The third-order valence-corrected chi connectivity index (χ3v) is 4.18. The molecule has 4 nitrogen and oxygen atoms in total. The maximum atomic E-state index is 13.4. The number of carbonyl (C=O) groups is 2. The first-order valence-corrected chi connectivity index (χ1v) is 6.63. The summed E-state index contributed by atoms with van der Waals surface area (Å²) in [6, 6.07) is 2.05. The number of methoxy groups -OCH3 is 1. The van der Waals surface area contributed by atoms with Gasteiger partial charge in [-0.05, 0) is 18.6 Å². The van der Waals surface area contributed by atoms with Gasteiger partial charge in [-0.2, -0.15) is 0 Å². The monoisotopic (exact) mass is 306 g/mol. The van der Waals surface area contributed by atoms with Gasteiger partial charge in [0.1, 0.15) is 11.1 Å². The molecule has 0 saturated carbocycles. The molecule has 0 amide bonds. The zero-order valence-electron chi connectivity index (χ0n) is 10.3. The number of halogens is 2. The molecular formula is C12H12ClFO4S. The van der Waals surface area contributed by atoms with E-state index in [2.05, 4.69) is 4.74 Å². The Morgan fingerprint density at radius 3 is 2.63 bits per heavy atom. The smallest absolute Gasteiger partial charge is 0.338 e. The molecule has 1 atom stereocenters. The minimum atomic E-state index is -1.39. The van der Waals surface area contributed by atoms with Crippen LogP contribution in [-0.2, 0) is 9.53 Å². The fourth-order valence-electron chi connectivity index (χ4n) is 1.37. The number of aromatic carboxylic acids is 1. The Labute approximate surface area is 118 Å². The van der Waals surface area contributed by atoms with Gasteiger partial charge in [-0.15, -0.1) is 11.8 Å². The van der Waals surface area contributed by atoms with Crippen molar-refractivity contribution in [2.45, 2.75) is 23.5 Å². The fourth-order valence-corrected chi connectivity index (χ4v) is 2.67. The maximum absolute atomic E-state index is 13.4. The fraction of sp³-hybridized carbons (Fsp3) is 0.333. The summed E-state index contributed by atoms with van der Waals surface area (Å²) < 4.78 is 18.0. The van der Waals surface area contributed by atoms with Crippen LogP contribution in [-0.4, -0.2) is 29.4 Å². The van der Waals surface area contributed by atoms with Crippen molar-refractivity contribution in [2.24, 2.45) is 0 Å². The first-order chi connectivity index (χ1) is 8.90. The van der Waals surface area contributed by atoms with Gasteiger partial charge in [0.25, 0.3) is 0 Å². The Morgan fingerprint density at radius 1 is 1.53 bits per heavy atom. The van der Waals surface area contributed by atoms with E-state index in [0.717, 1.165) is 23.9 Å². The molecule has 0 fully saturated rings. The number of hydrogen-bond donors (Lipinski definition) is 1. The maximum Gasteiger partial charge on any atom is 0.338 e. The zero-order chi connectivity index (χ0) is 14.6. The molecule has 0 radical (unpaired) electrons. The molecule has 7 heteroatoms. The van der Waals surface area contributed by atoms with E-state index in [-0.39, 0.29) is 5.02 Å². The molecule has 0 aliphatic rings. The van der Waals surface area contributed by atoms with Crippen LogP contribution < -0.4 is 0 Å². The number of rotatable bonds is 5. The lowest BCUT2D eigenvalue weighted by molar-refractivity contribution is -0.140. The Kier molecular flexibility index (Phi) is 5.62. The number of ether oxygens (including phenoxy) is 1. The molecule has 0 saturated heterocycles. The number of hydrogen-bond acceptors (Lipinski definition) is 4. The first kappa shape index (κ1) is 15.8. The van der Waals surface area contributed by atoms with E-state index in [1.165, 1.54) is 7.11 Å². The second-order valence-electron chi connectivity index (χ2n) is 3.61. The van der Waals surface area contributed by atoms with Gasteiger partial charge in [0.05, 0.1) is 17.7 Å². The molecule has 0 aromatic heterocycles. The topological polar surface area (TPSA) is 63.6 Å². The van der Waals surface area contributed by atoms with Crippen LogP contribution in [0.15, 0.2) is 17.0 Å². The van der Waals surface area contributed by atoms with Crippen LogP contribution in [0.3, 0.4) is 0 Å². The van der Waals surface area contributed by atoms with Crippen LogP contribution in [0.25, 0.3) is 0 Å². The van der Waals surface area contributed by atoms with E-state index >= 15 is 0 Å². The summed E-state index contributed by atoms with van der Waals surface area (Å²) in [6.45, 7) is 1.78. The van der Waals surface area contributed by atoms with Crippen molar-refractivity contribution < 1.29 is 23.8 Å². The van der Waals surface area contributed by atoms with Crippen LogP contribution >= 0.6 is 23.4 Å². The predicted octanol–water partition coefficient (Wildman–Crippen LogP) is 3.22. The molecule has 0 bridgehead atoms. The minimum Gasteiger partial charge on any atom is -0.478 e. The van der Waals surface area contributed by atoms with Gasteiger partial charge in [0.2, 0.25) is 0 Å². The summed E-state index contributed by atoms with van der Waals surface area (Å²) in [7, 11) is 1.26. The van der Waals surface area contributed by atoms with Gasteiger partial charge in [0, 0.05) is 4.90 Å². The largest absolute Gasteiger partial charge is 0.478 e. The molecule has 0 heterocycles. The number of carbonyl (C=O) groups excluding carboxylic acids is 1. The van der Waals surface area contributed by atoms with Crippen molar-refractivity contribution >= 4 is 35.3 Å². The second-order valence-corrected chi connectivity index (χ2v) is 5.26. The summed E-state index contributed by atoms with van der Waals surface area (Å²) in [5.74, 6) is -2.74. The highest BCUT2D eigenvalue weighted by atomic mass is 35.5. The van der Waals surface area contributed by atoms with Crippen molar-refractivity contribution in [3.8, 4) is 0 Å². The summed E-state index contributed by atoms with van der Waals surface area (Å²) in [6.07, 6.45) is 0.480. The van der Waals surface area contributed by atoms with Crippen molar-refractivity contribution in [1.82, 2.24) is 0 Å². The highest BCUT2D eigenvalue weighted by molar-refractivity contribution is 8.00. The summed E-state index contributed by atoms with van der Waals surface area (Å²) in [4.78, 5) is 22.6. The van der Waals surface area contributed by atoms with Crippen molar-refractivity contribution in [2.75, 3.05) is 7.11 Å².